The van der Waals surface area contributed by atoms with Gasteiger partial charge in [0.1, 0.15) is 0 Å². The quantitative estimate of drug-likeness (QED) is 0.857. The number of likely N-dealkylation sites (tertiary alicyclic amines) is 1. The van der Waals surface area contributed by atoms with Crippen molar-refractivity contribution in [1.82, 2.24) is 10.2 Å². The highest BCUT2D eigenvalue weighted by molar-refractivity contribution is 5.44. The molecule has 3 aliphatic heterocycles. The Kier molecular flexibility index (Phi) is 5.44. The van der Waals surface area contributed by atoms with Crippen LogP contribution in [0.3, 0.4) is 0 Å². The maximum atomic E-state index is 5.79. The van der Waals surface area contributed by atoms with E-state index in [1.807, 2.05) is 6.07 Å². The van der Waals surface area contributed by atoms with Crippen molar-refractivity contribution in [3.63, 3.8) is 0 Å². The molecule has 5 nitrogen and oxygen atoms in total. The van der Waals surface area contributed by atoms with Gasteiger partial charge in [0.25, 0.3) is 0 Å². The van der Waals surface area contributed by atoms with Crippen molar-refractivity contribution in [3.8, 4) is 11.5 Å². The van der Waals surface area contributed by atoms with Crippen LogP contribution in [0.1, 0.15) is 31.7 Å². The molecular formula is C20H30N2O3. The van der Waals surface area contributed by atoms with Crippen molar-refractivity contribution in [1.29, 1.82) is 0 Å². The second-order valence-electron chi connectivity index (χ2n) is 7.66. The lowest BCUT2D eigenvalue weighted by Crippen LogP contribution is -2.50. The number of hydrogen-bond donors (Lipinski definition) is 1. The van der Waals surface area contributed by atoms with Gasteiger partial charge in [0.15, 0.2) is 11.5 Å². The van der Waals surface area contributed by atoms with Crippen molar-refractivity contribution < 1.29 is 14.2 Å². The first kappa shape index (κ1) is 17.1. The average molecular weight is 346 g/mol. The van der Waals surface area contributed by atoms with Gasteiger partial charge < -0.3 is 24.4 Å². The molecule has 1 aromatic carbocycles. The Morgan fingerprint density at radius 1 is 1.20 bits per heavy atom. The van der Waals surface area contributed by atoms with E-state index in [0.29, 0.717) is 24.9 Å². The molecule has 4 rings (SSSR count). The minimum Gasteiger partial charge on any atom is -0.454 e. The largest absolute Gasteiger partial charge is 0.454 e. The topological polar surface area (TPSA) is 43.0 Å². The van der Waals surface area contributed by atoms with E-state index in [1.54, 1.807) is 0 Å². The minimum absolute atomic E-state index is 0.346. The predicted octanol–water partition coefficient (Wildman–Crippen LogP) is 2.44. The van der Waals surface area contributed by atoms with E-state index in [9.17, 15) is 0 Å². The number of nitrogens with zero attached hydrogens (tertiary/aromatic N) is 1. The zero-order chi connectivity index (χ0) is 17.1. The molecule has 0 unspecified atom stereocenters. The molecule has 0 aromatic heterocycles. The summed E-state index contributed by atoms with van der Waals surface area (Å²) in [6.07, 6.45) is 5.21. The Labute approximate surface area is 150 Å². The van der Waals surface area contributed by atoms with Gasteiger partial charge in [-0.2, -0.15) is 0 Å². The highest BCUT2D eigenvalue weighted by Crippen LogP contribution is 2.32. The summed E-state index contributed by atoms with van der Waals surface area (Å²) in [5.41, 5.74) is 1.31. The van der Waals surface area contributed by atoms with E-state index in [0.717, 1.165) is 37.6 Å². The first-order valence-electron chi connectivity index (χ1n) is 9.74. The van der Waals surface area contributed by atoms with E-state index >= 15 is 0 Å². The van der Waals surface area contributed by atoms with Crippen LogP contribution in [0, 0.1) is 5.92 Å². The molecule has 1 aromatic rings. The van der Waals surface area contributed by atoms with Gasteiger partial charge in [-0.1, -0.05) is 13.0 Å². The fraction of sp³-hybridized carbons (Fsp3) is 0.700. The highest BCUT2D eigenvalue weighted by Gasteiger charge is 2.28. The van der Waals surface area contributed by atoms with Gasteiger partial charge in [0, 0.05) is 25.7 Å². The molecule has 3 atom stereocenters. The van der Waals surface area contributed by atoms with Crippen LogP contribution in [0.4, 0.5) is 0 Å². The molecule has 3 aliphatic rings. The third-order valence-corrected chi connectivity index (χ3v) is 5.73. The van der Waals surface area contributed by atoms with Crippen molar-refractivity contribution in [3.05, 3.63) is 23.8 Å². The standard InChI is InChI=1S/C20H30N2O3/c1-15-12-22(13-17-3-2-10-23-17)9-7-18(15)21-8-6-16-4-5-19-20(11-16)25-14-24-19/h4-5,11,15,17-18,21H,2-3,6-10,12-14H2,1H3/t15-,17+,18-/m1/s1. The molecule has 0 saturated carbocycles. The maximum Gasteiger partial charge on any atom is 0.231 e. The number of benzene rings is 1. The first-order valence-corrected chi connectivity index (χ1v) is 9.74. The number of piperidine rings is 1. The second kappa shape index (κ2) is 7.94. The van der Waals surface area contributed by atoms with Crippen LogP contribution in [0.5, 0.6) is 11.5 Å². The Hall–Kier alpha value is -1.30. The van der Waals surface area contributed by atoms with Crippen LogP contribution in [0.25, 0.3) is 0 Å². The molecule has 1 N–H and O–H groups in total. The summed E-state index contributed by atoms with van der Waals surface area (Å²) in [4.78, 5) is 2.59. The lowest BCUT2D eigenvalue weighted by molar-refractivity contribution is 0.0514. The lowest BCUT2D eigenvalue weighted by atomic mass is 9.93. The SMILES string of the molecule is C[C@@H]1CN(C[C@@H]2CCCO2)CC[C@H]1NCCc1ccc2c(c1)OCO2. The molecule has 2 fully saturated rings. The zero-order valence-electron chi connectivity index (χ0n) is 15.2. The van der Waals surface area contributed by atoms with Crippen LogP contribution in [-0.2, 0) is 11.2 Å². The van der Waals surface area contributed by atoms with Gasteiger partial charge in [-0.15, -0.1) is 0 Å². The fourth-order valence-corrected chi connectivity index (χ4v) is 4.28. The lowest BCUT2D eigenvalue weighted by Gasteiger charge is -2.38. The summed E-state index contributed by atoms with van der Waals surface area (Å²) >= 11 is 0. The van der Waals surface area contributed by atoms with Crippen molar-refractivity contribution in [2.45, 2.75) is 44.8 Å². The molecule has 0 amide bonds. The molecule has 0 aliphatic carbocycles. The summed E-state index contributed by atoms with van der Waals surface area (Å²) in [6, 6.07) is 6.89. The molecule has 0 bridgehead atoms. The van der Waals surface area contributed by atoms with Crippen molar-refractivity contribution in [2.24, 2.45) is 5.92 Å². The van der Waals surface area contributed by atoms with Gasteiger partial charge in [-0.3, -0.25) is 0 Å². The van der Waals surface area contributed by atoms with Crippen LogP contribution < -0.4 is 14.8 Å². The average Bonchev–Trinajstić information content (AvgIpc) is 3.28. The third kappa shape index (κ3) is 4.27. The predicted molar refractivity (Wildman–Crippen MR) is 97.3 cm³/mol. The normalized spacial score (nSPS) is 29.2. The Balaban J connectivity index is 1.20. The van der Waals surface area contributed by atoms with Crippen molar-refractivity contribution >= 4 is 0 Å². The van der Waals surface area contributed by atoms with E-state index in [-0.39, 0.29) is 0 Å². The molecule has 3 heterocycles. The zero-order valence-corrected chi connectivity index (χ0v) is 15.2. The Morgan fingerprint density at radius 2 is 2.12 bits per heavy atom. The molecule has 2 saturated heterocycles. The minimum atomic E-state index is 0.346. The number of fused-ring (bicyclic) bond motifs is 1. The molecule has 138 valence electrons. The van der Waals surface area contributed by atoms with E-state index in [4.69, 9.17) is 14.2 Å². The van der Waals surface area contributed by atoms with Gasteiger partial charge in [-0.05, 0) is 62.4 Å². The van der Waals surface area contributed by atoms with Crippen LogP contribution in [-0.4, -0.2) is 56.6 Å². The molecular weight excluding hydrogens is 316 g/mol. The highest BCUT2D eigenvalue weighted by atomic mass is 16.7. The summed E-state index contributed by atoms with van der Waals surface area (Å²) in [5.74, 6) is 2.43. The number of ether oxygens (including phenoxy) is 3. The molecule has 5 heteroatoms. The van der Waals surface area contributed by atoms with E-state index < -0.39 is 0 Å². The summed E-state index contributed by atoms with van der Waals surface area (Å²) in [6.45, 7) is 8.18. The van der Waals surface area contributed by atoms with E-state index in [1.165, 1.54) is 37.9 Å². The molecule has 0 spiro atoms. The first-order chi connectivity index (χ1) is 12.3. The molecule has 0 radical (unpaired) electrons. The Morgan fingerprint density at radius 3 is 2.96 bits per heavy atom. The number of hydrogen-bond acceptors (Lipinski definition) is 5. The van der Waals surface area contributed by atoms with Crippen molar-refractivity contribution in [2.75, 3.05) is 39.6 Å². The molecule has 25 heavy (non-hydrogen) atoms. The number of nitrogens with one attached hydrogen (secondary N) is 1. The summed E-state index contributed by atoms with van der Waals surface area (Å²) in [7, 11) is 0. The summed E-state index contributed by atoms with van der Waals surface area (Å²) in [5, 5.41) is 3.77. The monoisotopic (exact) mass is 346 g/mol. The van der Waals surface area contributed by atoms with Gasteiger partial charge >= 0.3 is 0 Å². The van der Waals surface area contributed by atoms with Gasteiger partial charge in [0.2, 0.25) is 6.79 Å². The maximum absolute atomic E-state index is 5.79. The third-order valence-electron chi connectivity index (χ3n) is 5.73. The van der Waals surface area contributed by atoms with Crippen LogP contribution in [0.15, 0.2) is 18.2 Å². The van der Waals surface area contributed by atoms with Gasteiger partial charge in [-0.25, -0.2) is 0 Å². The Bertz CT molecular complexity index is 574. The van der Waals surface area contributed by atoms with E-state index in [2.05, 4.69) is 29.3 Å². The smallest absolute Gasteiger partial charge is 0.231 e. The summed E-state index contributed by atoms with van der Waals surface area (Å²) < 4.78 is 16.6. The van der Waals surface area contributed by atoms with Crippen LogP contribution in [0.2, 0.25) is 0 Å². The number of rotatable bonds is 6. The fourth-order valence-electron chi connectivity index (χ4n) is 4.28. The second-order valence-corrected chi connectivity index (χ2v) is 7.66. The van der Waals surface area contributed by atoms with Crippen LogP contribution >= 0.6 is 0 Å². The van der Waals surface area contributed by atoms with Gasteiger partial charge in [0.05, 0.1) is 6.10 Å².